The molecule has 2 aliphatic heterocycles. The summed E-state index contributed by atoms with van der Waals surface area (Å²) in [5.41, 5.74) is -0.162. The first kappa shape index (κ1) is 29.2. The molecule has 11 heteroatoms. The number of carbonyl (C=O) groups excluding carboxylic acids is 2. The van der Waals surface area contributed by atoms with Crippen LogP contribution in [0.3, 0.4) is 0 Å². The number of amides is 1. The number of hydrogen-bond acceptors (Lipinski definition) is 7. The van der Waals surface area contributed by atoms with Gasteiger partial charge in [-0.25, -0.2) is 4.79 Å². The molecule has 1 amide bonds. The molecule has 204 valence electrons. The Balaban J connectivity index is 1.88. The number of nitro benzene ring substituents is 1. The summed E-state index contributed by atoms with van der Waals surface area (Å²) in [6, 6.07) is 5.32. The van der Waals surface area contributed by atoms with Crippen LogP contribution in [0.2, 0.25) is 18.1 Å². The van der Waals surface area contributed by atoms with Crippen molar-refractivity contribution in [3.63, 3.8) is 0 Å². The van der Waals surface area contributed by atoms with Gasteiger partial charge in [0, 0.05) is 23.3 Å². The van der Waals surface area contributed by atoms with Gasteiger partial charge in [0.2, 0.25) is 5.91 Å². The molecule has 2 aliphatic rings. The van der Waals surface area contributed by atoms with E-state index >= 15 is 0 Å². The molecule has 0 spiro atoms. The number of nitro groups is 1. The van der Waals surface area contributed by atoms with Crippen LogP contribution < -0.4 is 0 Å². The maximum atomic E-state index is 13.5. The van der Waals surface area contributed by atoms with E-state index in [1.54, 1.807) is 6.92 Å². The third kappa shape index (κ3) is 5.17. The molecule has 1 aromatic rings. The number of non-ortho nitro benzene ring substituents is 1. The minimum Gasteiger partial charge on any atom is -0.456 e. The third-order valence-electron chi connectivity index (χ3n) is 7.91. The fourth-order valence-corrected chi connectivity index (χ4v) is 7.74. The monoisotopic (exact) mass is 550 g/mol. The lowest BCUT2D eigenvalue weighted by atomic mass is 9.71. The number of β-lactam (4-membered cyclic amide) rings is 1. The van der Waals surface area contributed by atoms with Crippen LogP contribution in [-0.2, 0) is 36.2 Å². The van der Waals surface area contributed by atoms with E-state index < -0.39 is 41.3 Å². The summed E-state index contributed by atoms with van der Waals surface area (Å²) in [7, 11) is -3.64. The van der Waals surface area contributed by atoms with Crippen LogP contribution in [0.5, 0.6) is 0 Å². The molecule has 0 radical (unpaired) electrons. The van der Waals surface area contributed by atoms with E-state index in [-0.39, 0.29) is 41.1 Å². The SMILES string of the molecule is CCS(=O)C1=C(C(=O)OCc2ccc([N+](=O)[O-])cc2)N2C(=O)[C@H]([C@@H](C)O[Si](C)(C)C(C)(C)C)[C@H]2C1(C)C. The van der Waals surface area contributed by atoms with Crippen molar-refractivity contribution in [2.24, 2.45) is 11.3 Å². The average molecular weight is 551 g/mol. The van der Waals surface area contributed by atoms with Gasteiger partial charge in [0.25, 0.3) is 5.69 Å². The lowest BCUT2D eigenvalue weighted by Gasteiger charge is -2.52. The Kier molecular flexibility index (Phi) is 7.94. The highest BCUT2D eigenvalue weighted by molar-refractivity contribution is 7.89. The third-order valence-corrected chi connectivity index (χ3v) is 14.2. The highest BCUT2D eigenvalue weighted by Crippen LogP contribution is 2.56. The minimum absolute atomic E-state index is 0.0289. The van der Waals surface area contributed by atoms with Gasteiger partial charge in [0.1, 0.15) is 12.3 Å². The van der Waals surface area contributed by atoms with Crippen molar-refractivity contribution < 1.29 is 27.9 Å². The van der Waals surface area contributed by atoms with E-state index in [1.807, 2.05) is 20.8 Å². The Morgan fingerprint density at radius 2 is 1.81 bits per heavy atom. The van der Waals surface area contributed by atoms with Crippen LogP contribution in [-0.4, -0.2) is 52.1 Å². The van der Waals surface area contributed by atoms with Crippen molar-refractivity contribution in [1.29, 1.82) is 0 Å². The smallest absolute Gasteiger partial charge is 0.356 e. The molecule has 0 saturated carbocycles. The van der Waals surface area contributed by atoms with Gasteiger partial charge < -0.3 is 14.1 Å². The minimum atomic E-state index is -2.16. The van der Waals surface area contributed by atoms with Gasteiger partial charge in [0.05, 0.1) is 38.7 Å². The summed E-state index contributed by atoms with van der Waals surface area (Å²) in [6.07, 6.45) is -0.360. The largest absolute Gasteiger partial charge is 0.456 e. The first-order valence-corrected chi connectivity index (χ1v) is 16.7. The topological polar surface area (TPSA) is 116 Å². The quantitative estimate of drug-likeness (QED) is 0.141. The fraction of sp³-hybridized carbons (Fsp3) is 0.615. The normalized spacial score (nSPS) is 22.8. The molecule has 37 heavy (non-hydrogen) atoms. The van der Waals surface area contributed by atoms with Crippen molar-refractivity contribution in [1.82, 2.24) is 4.90 Å². The zero-order chi connectivity index (χ0) is 28.1. The Labute approximate surface area is 222 Å². The van der Waals surface area contributed by atoms with Crippen LogP contribution >= 0.6 is 0 Å². The van der Waals surface area contributed by atoms with Crippen molar-refractivity contribution in [3.05, 3.63) is 50.5 Å². The van der Waals surface area contributed by atoms with E-state index in [2.05, 4.69) is 33.9 Å². The molecule has 2 heterocycles. The van der Waals surface area contributed by atoms with Crippen LogP contribution in [0.15, 0.2) is 34.9 Å². The molecular weight excluding hydrogens is 512 g/mol. The van der Waals surface area contributed by atoms with Gasteiger partial charge in [-0.3, -0.25) is 19.1 Å². The fourth-order valence-electron chi connectivity index (χ4n) is 4.92. The molecule has 3 rings (SSSR count). The number of rotatable bonds is 9. The average Bonchev–Trinajstić information content (AvgIpc) is 2.99. The number of hydrogen-bond donors (Lipinski definition) is 0. The number of nitrogens with zero attached hydrogens (tertiary/aromatic N) is 2. The van der Waals surface area contributed by atoms with Crippen LogP contribution in [0.25, 0.3) is 0 Å². The van der Waals surface area contributed by atoms with Gasteiger partial charge in [-0.15, -0.1) is 0 Å². The number of carbonyl (C=O) groups is 2. The molecule has 1 aromatic carbocycles. The standard InChI is InChI=1S/C26H38N2O7SSi/c1-10-36(33)22-20(24(30)34-15-17-11-13-18(14-12-17)28(31)32)27-21(26(22,6)7)19(23(27)29)16(2)35-37(8,9)25(3,4)5/h11-14,16,19,21H,10,15H2,1-9H3/t16-,19-,21+,36?/m1/s1. The lowest BCUT2D eigenvalue weighted by molar-refractivity contribution is -0.384. The van der Waals surface area contributed by atoms with E-state index in [4.69, 9.17) is 9.16 Å². The zero-order valence-electron chi connectivity index (χ0n) is 23.1. The second kappa shape index (κ2) is 10.1. The lowest BCUT2D eigenvalue weighted by Crippen LogP contribution is -2.67. The second-order valence-corrected chi connectivity index (χ2v) is 18.2. The van der Waals surface area contributed by atoms with Crippen molar-refractivity contribution >= 4 is 36.7 Å². The van der Waals surface area contributed by atoms with Gasteiger partial charge >= 0.3 is 5.97 Å². The molecule has 1 saturated heterocycles. The summed E-state index contributed by atoms with van der Waals surface area (Å²) in [6.45, 7) is 18.1. The van der Waals surface area contributed by atoms with Crippen molar-refractivity contribution in [3.8, 4) is 0 Å². The summed E-state index contributed by atoms with van der Waals surface area (Å²) in [4.78, 5) is 39.1. The summed E-state index contributed by atoms with van der Waals surface area (Å²) < 4.78 is 25.3. The van der Waals surface area contributed by atoms with Gasteiger partial charge in [-0.2, -0.15) is 0 Å². The van der Waals surface area contributed by atoms with Gasteiger partial charge in [0.15, 0.2) is 8.32 Å². The highest BCUT2D eigenvalue weighted by atomic mass is 32.2. The van der Waals surface area contributed by atoms with Gasteiger partial charge in [-0.1, -0.05) is 41.5 Å². The number of esters is 1. The molecule has 0 bridgehead atoms. The molecule has 0 N–H and O–H groups in total. The first-order chi connectivity index (χ1) is 17.0. The molecule has 0 aliphatic carbocycles. The van der Waals surface area contributed by atoms with Crippen LogP contribution in [0.4, 0.5) is 5.69 Å². The maximum Gasteiger partial charge on any atom is 0.356 e. The van der Waals surface area contributed by atoms with Crippen LogP contribution in [0, 0.1) is 21.4 Å². The molecule has 9 nitrogen and oxygen atoms in total. The molecule has 1 fully saturated rings. The Bertz CT molecular complexity index is 1150. The number of benzene rings is 1. The predicted molar refractivity (Wildman–Crippen MR) is 144 cm³/mol. The second-order valence-electron chi connectivity index (χ2n) is 11.8. The Morgan fingerprint density at radius 1 is 1.24 bits per heavy atom. The first-order valence-electron chi connectivity index (χ1n) is 12.5. The molecule has 1 unspecified atom stereocenters. The molecule has 4 atom stereocenters. The van der Waals surface area contributed by atoms with E-state index in [9.17, 15) is 23.9 Å². The van der Waals surface area contributed by atoms with E-state index in [0.717, 1.165) is 0 Å². The number of fused-ring (bicyclic) bond motifs is 1. The van der Waals surface area contributed by atoms with Crippen LogP contribution in [0.1, 0.15) is 54.0 Å². The Hall–Kier alpha value is -2.37. The van der Waals surface area contributed by atoms with Crippen molar-refractivity contribution in [2.75, 3.05) is 5.75 Å². The highest BCUT2D eigenvalue weighted by Gasteiger charge is 2.66. The predicted octanol–water partition coefficient (Wildman–Crippen LogP) is 4.90. The van der Waals surface area contributed by atoms with E-state index in [0.29, 0.717) is 16.2 Å². The summed E-state index contributed by atoms with van der Waals surface area (Å²) >= 11 is 0. The van der Waals surface area contributed by atoms with Gasteiger partial charge in [-0.05, 0) is 42.8 Å². The summed E-state index contributed by atoms with van der Waals surface area (Å²) in [5, 5.41) is 10.9. The van der Waals surface area contributed by atoms with E-state index in [1.165, 1.54) is 29.2 Å². The molecular formula is C26H38N2O7SSi. The zero-order valence-corrected chi connectivity index (χ0v) is 24.9. The molecule has 0 aromatic heterocycles. The number of ether oxygens (including phenoxy) is 1. The maximum absolute atomic E-state index is 13.5. The summed E-state index contributed by atoms with van der Waals surface area (Å²) in [5.74, 6) is -1.12. The van der Waals surface area contributed by atoms with Crippen molar-refractivity contribution in [2.45, 2.75) is 85.4 Å². The Morgan fingerprint density at radius 3 is 2.30 bits per heavy atom.